The first-order valence-corrected chi connectivity index (χ1v) is 6.97. The van der Waals surface area contributed by atoms with Crippen LogP contribution in [-0.2, 0) is 4.79 Å². The lowest BCUT2D eigenvalue weighted by Crippen LogP contribution is -2.37. The van der Waals surface area contributed by atoms with Crippen LogP contribution in [-0.4, -0.2) is 24.0 Å². The van der Waals surface area contributed by atoms with Crippen LogP contribution in [0, 0.1) is 11.8 Å². The molecule has 6 heteroatoms. The Labute approximate surface area is 107 Å². The van der Waals surface area contributed by atoms with Crippen molar-refractivity contribution in [3.05, 3.63) is 0 Å². The minimum Gasteiger partial charge on any atom is -0.356 e. The molecule has 0 heterocycles. The molecular formula is C11H17BrF3NO. The standard InChI is InChI=1S/C11H17BrF3NO/c12-5-2-6-16-10(17)8-3-1-4-9(7-8)11(13,14)15/h8-9H,1-7H2,(H,16,17). The summed E-state index contributed by atoms with van der Waals surface area (Å²) < 4.78 is 37.6. The zero-order valence-corrected chi connectivity index (χ0v) is 11.1. The third kappa shape index (κ3) is 4.85. The Morgan fingerprint density at radius 1 is 1.35 bits per heavy atom. The lowest BCUT2D eigenvalue weighted by Gasteiger charge is -2.29. The molecule has 1 fully saturated rings. The van der Waals surface area contributed by atoms with Crippen LogP contribution in [0.3, 0.4) is 0 Å². The number of amides is 1. The number of rotatable bonds is 4. The summed E-state index contributed by atoms with van der Waals surface area (Å²) in [6.45, 7) is 0.525. The van der Waals surface area contributed by atoms with E-state index < -0.39 is 18.0 Å². The number of hydrogen-bond donors (Lipinski definition) is 1. The minimum absolute atomic E-state index is 0.0519. The van der Waals surface area contributed by atoms with E-state index in [1.165, 1.54) is 0 Å². The smallest absolute Gasteiger partial charge is 0.356 e. The van der Waals surface area contributed by atoms with E-state index in [9.17, 15) is 18.0 Å². The van der Waals surface area contributed by atoms with Crippen molar-refractivity contribution in [3.63, 3.8) is 0 Å². The summed E-state index contributed by atoms with van der Waals surface area (Å²) in [5, 5.41) is 3.47. The van der Waals surface area contributed by atoms with Crippen molar-refractivity contribution in [2.24, 2.45) is 11.8 Å². The van der Waals surface area contributed by atoms with Gasteiger partial charge < -0.3 is 5.32 Å². The van der Waals surface area contributed by atoms with E-state index in [0.29, 0.717) is 19.4 Å². The summed E-state index contributed by atoms with van der Waals surface area (Å²) in [4.78, 5) is 11.7. The molecule has 0 aromatic carbocycles. The second-order valence-corrected chi connectivity index (χ2v) is 5.23. The first-order chi connectivity index (χ1) is 7.95. The van der Waals surface area contributed by atoms with E-state index >= 15 is 0 Å². The van der Waals surface area contributed by atoms with Crippen LogP contribution in [0.25, 0.3) is 0 Å². The quantitative estimate of drug-likeness (QED) is 0.626. The molecular weight excluding hydrogens is 299 g/mol. The Bertz CT molecular complexity index is 258. The van der Waals surface area contributed by atoms with Crippen LogP contribution < -0.4 is 5.32 Å². The van der Waals surface area contributed by atoms with Crippen LogP contribution in [0.15, 0.2) is 0 Å². The molecule has 1 amide bonds. The maximum absolute atomic E-state index is 12.5. The molecule has 1 N–H and O–H groups in total. The summed E-state index contributed by atoms with van der Waals surface area (Å²) in [6.07, 6.45) is -2.19. The van der Waals surface area contributed by atoms with Crippen LogP contribution in [0.4, 0.5) is 13.2 Å². The van der Waals surface area contributed by atoms with Crippen LogP contribution in [0.1, 0.15) is 32.1 Å². The summed E-state index contributed by atoms with van der Waals surface area (Å²) in [5.74, 6) is -1.99. The second kappa shape index (κ2) is 6.61. The van der Waals surface area contributed by atoms with Crippen LogP contribution in [0.2, 0.25) is 0 Å². The molecule has 2 unspecified atom stereocenters. The summed E-state index contributed by atoms with van der Waals surface area (Å²) >= 11 is 3.23. The number of nitrogens with one attached hydrogen (secondary N) is 1. The molecule has 1 saturated carbocycles. The van der Waals surface area contributed by atoms with Crippen molar-refractivity contribution in [1.29, 1.82) is 0 Å². The zero-order valence-electron chi connectivity index (χ0n) is 9.52. The van der Waals surface area contributed by atoms with E-state index in [1.807, 2.05) is 0 Å². The molecule has 0 saturated heterocycles. The van der Waals surface area contributed by atoms with E-state index in [0.717, 1.165) is 11.8 Å². The Kier molecular flexibility index (Phi) is 5.76. The Hall–Kier alpha value is -0.260. The fraction of sp³-hybridized carbons (Fsp3) is 0.909. The fourth-order valence-electron chi connectivity index (χ4n) is 2.15. The van der Waals surface area contributed by atoms with Crippen LogP contribution >= 0.6 is 15.9 Å². The third-order valence-corrected chi connectivity index (χ3v) is 3.68. The number of carbonyl (C=O) groups is 1. The number of hydrogen-bond acceptors (Lipinski definition) is 1. The van der Waals surface area contributed by atoms with Crippen molar-refractivity contribution in [1.82, 2.24) is 5.32 Å². The predicted molar refractivity (Wildman–Crippen MR) is 62.9 cm³/mol. The van der Waals surface area contributed by atoms with Gasteiger partial charge in [-0.15, -0.1) is 0 Å². The lowest BCUT2D eigenvalue weighted by atomic mass is 9.80. The van der Waals surface area contributed by atoms with Gasteiger partial charge in [0, 0.05) is 17.8 Å². The van der Waals surface area contributed by atoms with Gasteiger partial charge in [-0.2, -0.15) is 13.2 Å². The average molecular weight is 316 g/mol. The number of halogens is 4. The molecule has 1 rings (SSSR count). The number of alkyl halides is 4. The van der Waals surface area contributed by atoms with Crippen molar-refractivity contribution >= 4 is 21.8 Å². The Morgan fingerprint density at radius 2 is 2.06 bits per heavy atom. The molecule has 0 radical (unpaired) electrons. The van der Waals surface area contributed by atoms with Gasteiger partial charge in [-0.1, -0.05) is 22.4 Å². The summed E-state index contributed by atoms with van der Waals surface area (Å²) in [6, 6.07) is 0. The average Bonchev–Trinajstić information content (AvgIpc) is 2.28. The van der Waals surface area contributed by atoms with Gasteiger partial charge in [-0.25, -0.2) is 0 Å². The highest BCUT2D eigenvalue weighted by Crippen LogP contribution is 2.39. The molecule has 0 spiro atoms. The van der Waals surface area contributed by atoms with Crippen molar-refractivity contribution in [2.75, 3.05) is 11.9 Å². The molecule has 0 aromatic heterocycles. The molecule has 100 valence electrons. The van der Waals surface area contributed by atoms with Crippen LogP contribution in [0.5, 0.6) is 0 Å². The third-order valence-electron chi connectivity index (χ3n) is 3.12. The van der Waals surface area contributed by atoms with E-state index in [1.54, 1.807) is 0 Å². The predicted octanol–water partition coefficient (Wildman–Crippen LogP) is 3.26. The topological polar surface area (TPSA) is 29.1 Å². The van der Waals surface area contributed by atoms with Gasteiger partial charge in [0.2, 0.25) is 5.91 Å². The molecule has 0 aliphatic heterocycles. The summed E-state index contributed by atoms with van der Waals surface area (Å²) in [7, 11) is 0. The lowest BCUT2D eigenvalue weighted by molar-refractivity contribution is -0.186. The van der Waals surface area contributed by atoms with E-state index in [-0.39, 0.29) is 18.7 Å². The highest BCUT2D eigenvalue weighted by molar-refractivity contribution is 9.09. The molecule has 1 aliphatic carbocycles. The van der Waals surface area contributed by atoms with Gasteiger partial charge in [0.1, 0.15) is 0 Å². The first kappa shape index (κ1) is 14.8. The molecule has 0 bridgehead atoms. The SMILES string of the molecule is O=C(NCCCBr)C1CCCC(C(F)(F)F)C1. The van der Waals surface area contributed by atoms with E-state index in [4.69, 9.17) is 0 Å². The van der Waals surface area contributed by atoms with Gasteiger partial charge >= 0.3 is 6.18 Å². The number of carbonyl (C=O) groups excluding carboxylic acids is 1. The Morgan fingerprint density at radius 3 is 2.65 bits per heavy atom. The zero-order chi connectivity index (χ0) is 12.9. The molecule has 17 heavy (non-hydrogen) atoms. The normalized spacial score (nSPS) is 25.6. The largest absolute Gasteiger partial charge is 0.391 e. The van der Waals surface area contributed by atoms with Crippen molar-refractivity contribution in [2.45, 2.75) is 38.3 Å². The first-order valence-electron chi connectivity index (χ1n) is 5.85. The monoisotopic (exact) mass is 315 g/mol. The van der Waals surface area contributed by atoms with Gasteiger partial charge in [0.05, 0.1) is 5.92 Å². The molecule has 0 aromatic rings. The van der Waals surface area contributed by atoms with Gasteiger partial charge in [-0.05, 0) is 25.7 Å². The Balaban J connectivity index is 2.41. The van der Waals surface area contributed by atoms with Gasteiger partial charge in [0.25, 0.3) is 0 Å². The van der Waals surface area contributed by atoms with Gasteiger partial charge in [-0.3, -0.25) is 4.79 Å². The minimum atomic E-state index is -4.16. The maximum atomic E-state index is 12.5. The van der Waals surface area contributed by atoms with Crippen molar-refractivity contribution in [3.8, 4) is 0 Å². The van der Waals surface area contributed by atoms with Gasteiger partial charge in [0.15, 0.2) is 0 Å². The highest BCUT2D eigenvalue weighted by Gasteiger charge is 2.43. The fourth-order valence-corrected chi connectivity index (χ4v) is 2.43. The molecule has 2 atom stereocenters. The summed E-state index contributed by atoms with van der Waals surface area (Å²) in [5.41, 5.74) is 0. The molecule has 1 aliphatic rings. The van der Waals surface area contributed by atoms with Crippen molar-refractivity contribution < 1.29 is 18.0 Å². The maximum Gasteiger partial charge on any atom is 0.391 e. The second-order valence-electron chi connectivity index (χ2n) is 4.44. The van der Waals surface area contributed by atoms with E-state index in [2.05, 4.69) is 21.2 Å². The molecule has 2 nitrogen and oxygen atoms in total. The highest BCUT2D eigenvalue weighted by atomic mass is 79.9.